The number of hydrogen-bond acceptors (Lipinski definition) is 6. The van der Waals surface area contributed by atoms with E-state index >= 15 is 0 Å². The number of anilines is 4. The van der Waals surface area contributed by atoms with Gasteiger partial charge in [0.1, 0.15) is 5.82 Å². The fourth-order valence-corrected chi connectivity index (χ4v) is 2.44. The van der Waals surface area contributed by atoms with Crippen LogP contribution in [0.5, 0.6) is 0 Å². The molecule has 3 aromatic rings. The fourth-order valence-electron chi connectivity index (χ4n) is 2.44. The molecule has 0 aliphatic rings. The van der Waals surface area contributed by atoms with Crippen LogP contribution in [-0.4, -0.2) is 23.0 Å². The molecule has 0 spiro atoms. The quantitative estimate of drug-likeness (QED) is 0.614. The van der Waals surface area contributed by atoms with E-state index in [1.807, 2.05) is 0 Å². The van der Waals surface area contributed by atoms with Gasteiger partial charge in [0.15, 0.2) is 0 Å². The maximum absolute atomic E-state index is 13.1. The number of alkyl halides is 3. The molecule has 0 radical (unpaired) electrons. The molecule has 0 unspecified atom stereocenters. The number of nitrogens with zero attached hydrogens (tertiary/aromatic N) is 2. The minimum atomic E-state index is -4.49. The first-order valence-corrected chi connectivity index (χ1v) is 8.08. The summed E-state index contributed by atoms with van der Waals surface area (Å²) < 4.78 is 44.0. The molecule has 2 aromatic carbocycles. The van der Waals surface area contributed by atoms with Crippen LogP contribution in [0.3, 0.4) is 0 Å². The van der Waals surface area contributed by atoms with Gasteiger partial charge in [0, 0.05) is 11.9 Å². The molecule has 0 amide bonds. The highest BCUT2D eigenvalue weighted by atomic mass is 19.4. The van der Waals surface area contributed by atoms with Crippen molar-refractivity contribution in [3.05, 3.63) is 71.9 Å². The summed E-state index contributed by atoms with van der Waals surface area (Å²) in [4.78, 5) is 19.8. The molecule has 9 heteroatoms. The Morgan fingerprint density at radius 2 is 1.82 bits per heavy atom. The van der Waals surface area contributed by atoms with E-state index in [0.717, 1.165) is 6.07 Å². The number of rotatable bonds is 5. The molecule has 0 fully saturated rings. The van der Waals surface area contributed by atoms with Crippen LogP contribution in [-0.2, 0) is 10.9 Å². The lowest BCUT2D eigenvalue weighted by molar-refractivity contribution is -0.136. The van der Waals surface area contributed by atoms with Crippen LogP contribution in [0.2, 0.25) is 0 Å². The molecule has 1 heterocycles. The van der Waals surface area contributed by atoms with Gasteiger partial charge in [-0.1, -0.05) is 18.2 Å². The van der Waals surface area contributed by atoms with E-state index in [4.69, 9.17) is 0 Å². The fraction of sp³-hybridized carbons (Fsp3) is 0.105. The minimum Gasteiger partial charge on any atom is -0.465 e. The predicted octanol–water partition coefficient (Wildman–Crippen LogP) is 4.77. The number of methoxy groups -OCH3 is 1. The number of benzene rings is 2. The number of esters is 1. The third-order valence-corrected chi connectivity index (χ3v) is 3.69. The number of carbonyl (C=O) groups excluding carboxylic acids is 1. The van der Waals surface area contributed by atoms with E-state index < -0.39 is 17.7 Å². The normalized spacial score (nSPS) is 11.0. The number of carbonyl (C=O) groups is 1. The zero-order valence-electron chi connectivity index (χ0n) is 14.6. The van der Waals surface area contributed by atoms with Crippen molar-refractivity contribution < 1.29 is 22.7 Å². The Kier molecular flexibility index (Phi) is 5.44. The first kappa shape index (κ1) is 19.2. The summed E-state index contributed by atoms with van der Waals surface area (Å²) >= 11 is 0. The van der Waals surface area contributed by atoms with Gasteiger partial charge in [0.05, 0.1) is 23.9 Å². The predicted molar refractivity (Wildman–Crippen MR) is 97.8 cm³/mol. The van der Waals surface area contributed by atoms with Gasteiger partial charge in [0.2, 0.25) is 5.95 Å². The van der Waals surface area contributed by atoms with Gasteiger partial charge in [-0.2, -0.15) is 18.2 Å². The van der Waals surface area contributed by atoms with Crippen LogP contribution in [0, 0.1) is 0 Å². The molecule has 0 saturated heterocycles. The number of ether oxygens (including phenoxy) is 1. The highest BCUT2D eigenvalue weighted by molar-refractivity contribution is 5.90. The van der Waals surface area contributed by atoms with E-state index in [1.54, 1.807) is 24.3 Å². The highest BCUT2D eigenvalue weighted by Crippen LogP contribution is 2.35. The summed E-state index contributed by atoms with van der Waals surface area (Å²) in [5.41, 5.74) is -0.0575. The molecule has 28 heavy (non-hydrogen) atoms. The van der Waals surface area contributed by atoms with Gasteiger partial charge in [-0.3, -0.25) is 0 Å². The van der Waals surface area contributed by atoms with Crippen molar-refractivity contribution in [2.75, 3.05) is 17.7 Å². The van der Waals surface area contributed by atoms with Gasteiger partial charge < -0.3 is 15.4 Å². The minimum absolute atomic E-state index is 0.118. The number of nitrogens with one attached hydrogen (secondary N) is 2. The van der Waals surface area contributed by atoms with Gasteiger partial charge in [-0.25, -0.2) is 9.78 Å². The summed E-state index contributed by atoms with van der Waals surface area (Å²) in [6.07, 6.45) is -3.09. The summed E-state index contributed by atoms with van der Waals surface area (Å²) in [6, 6.07) is 13.0. The standard InChI is InChI=1S/C19H15F3N4O2/c1-28-17(27)12-5-4-6-13(11-12)24-18-23-10-9-16(26-18)25-15-8-3-2-7-14(15)19(20,21)22/h2-11H,1H3,(H2,23,24,25,26). The topological polar surface area (TPSA) is 76.1 Å². The number of aromatic nitrogens is 2. The van der Waals surface area contributed by atoms with E-state index in [0.29, 0.717) is 11.3 Å². The van der Waals surface area contributed by atoms with Crippen LogP contribution in [0.1, 0.15) is 15.9 Å². The van der Waals surface area contributed by atoms with Crippen LogP contribution in [0.4, 0.5) is 36.3 Å². The second kappa shape index (κ2) is 7.95. The van der Waals surface area contributed by atoms with Crippen LogP contribution in [0.15, 0.2) is 60.8 Å². The van der Waals surface area contributed by atoms with E-state index in [2.05, 4.69) is 25.3 Å². The largest absolute Gasteiger partial charge is 0.465 e. The lowest BCUT2D eigenvalue weighted by atomic mass is 10.1. The van der Waals surface area contributed by atoms with Gasteiger partial charge in [-0.15, -0.1) is 0 Å². The zero-order chi connectivity index (χ0) is 20.1. The molecule has 0 atom stereocenters. The summed E-state index contributed by atoms with van der Waals surface area (Å²) in [5, 5.41) is 5.56. The average molecular weight is 388 g/mol. The summed E-state index contributed by atoms with van der Waals surface area (Å²) in [6.45, 7) is 0. The molecule has 0 saturated carbocycles. The van der Waals surface area contributed by atoms with Crippen molar-refractivity contribution in [1.82, 2.24) is 9.97 Å². The van der Waals surface area contributed by atoms with Gasteiger partial charge in [0.25, 0.3) is 0 Å². The van der Waals surface area contributed by atoms with E-state index in [1.165, 1.54) is 37.6 Å². The molecule has 0 bridgehead atoms. The van der Waals surface area contributed by atoms with Crippen molar-refractivity contribution >= 4 is 29.1 Å². The van der Waals surface area contributed by atoms with Crippen LogP contribution < -0.4 is 10.6 Å². The number of hydrogen-bond donors (Lipinski definition) is 2. The highest BCUT2D eigenvalue weighted by Gasteiger charge is 2.33. The molecule has 144 valence electrons. The Labute approximate surface area is 158 Å². The van der Waals surface area contributed by atoms with Crippen molar-refractivity contribution in [1.29, 1.82) is 0 Å². The van der Waals surface area contributed by atoms with Crippen LogP contribution in [0.25, 0.3) is 0 Å². The Hall–Kier alpha value is -3.62. The smallest absolute Gasteiger partial charge is 0.418 e. The summed E-state index contributed by atoms with van der Waals surface area (Å²) in [7, 11) is 1.28. The Balaban J connectivity index is 1.82. The Bertz CT molecular complexity index is 993. The maximum atomic E-state index is 13.1. The third kappa shape index (κ3) is 4.56. The molecule has 1 aromatic heterocycles. The first-order valence-electron chi connectivity index (χ1n) is 8.08. The van der Waals surface area contributed by atoms with E-state index in [-0.39, 0.29) is 17.5 Å². The molecule has 6 nitrogen and oxygen atoms in total. The molecule has 0 aliphatic carbocycles. The number of halogens is 3. The van der Waals surface area contributed by atoms with Gasteiger partial charge in [-0.05, 0) is 36.4 Å². The monoisotopic (exact) mass is 388 g/mol. The van der Waals surface area contributed by atoms with Crippen molar-refractivity contribution in [2.45, 2.75) is 6.18 Å². The van der Waals surface area contributed by atoms with Crippen LogP contribution >= 0.6 is 0 Å². The first-order chi connectivity index (χ1) is 13.4. The third-order valence-electron chi connectivity index (χ3n) is 3.69. The van der Waals surface area contributed by atoms with Crippen molar-refractivity contribution in [3.8, 4) is 0 Å². The van der Waals surface area contributed by atoms with Crippen molar-refractivity contribution in [2.24, 2.45) is 0 Å². The lowest BCUT2D eigenvalue weighted by Gasteiger charge is -2.14. The van der Waals surface area contributed by atoms with Gasteiger partial charge >= 0.3 is 12.1 Å². The second-order valence-electron chi connectivity index (χ2n) is 5.63. The van der Waals surface area contributed by atoms with E-state index in [9.17, 15) is 18.0 Å². The molecular formula is C19H15F3N4O2. The Morgan fingerprint density at radius 1 is 1.04 bits per heavy atom. The number of para-hydroxylation sites is 1. The summed E-state index contributed by atoms with van der Waals surface area (Å²) in [5.74, 6) is -0.168. The second-order valence-corrected chi connectivity index (χ2v) is 5.63. The zero-order valence-corrected chi connectivity index (χ0v) is 14.6. The molecule has 2 N–H and O–H groups in total. The molecular weight excluding hydrogens is 373 g/mol. The Morgan fingerprint density at radius 3 is 2.57 bits per heavy atom. The maximum Gasteiger partial charge on any atom is 0.418 e. The lowest BCUT2D eigenvalue weighted by Crippen LogP contribution is -2.09. The van der Waals surface area contributed by atoms with Crippen molar-refractivity contribution in [3.63, 3.8) is 0 Å². The SMILES string of the molecule is COC(=O)c1cccc(Nc2nccc(Nc3ccccc3C(F)(F)F)n2)c1. The average Bonchev–Trinajstić information content (AvgIpc) is 2.67. The molecule has 3 rings (SSSR count). The molecule has 0 aliphatic heterocycles.